The third-order valence-electron chi connectivity index (χ3n) is 4.54. The van der Waals surface area contributed by atoms with Crippen LogP contribution in [0.3, 0.4) is 0 Å². The minimum absolute atomic E-state index is 0.227. The molecule has 5 nitrogen and oxygen atoms in total. The van der Waals surface area contributed by atoms with Gasteiger partial charge < -0.3 is 5.32 Å². The second-order valence-corrected chi connectivity index (χ2v) is 7.46. The molecule has 0 spiro atoms. The van der Waals surface area contributed by atoms with E-state index in [1.165, 1.54) is 53.6 Å². The minimum Gasteiger partial charge on any atom is -0.342 e. The summed E-state index contributed by atoms with van der Waals surface area (Å²) in [5.41, 5.74) is -0.761. The summed E-state index contributed by atoms with van der Waals surface area (Å²) in [4.78, 5) is 16.3. The zero-order valence-corrected chi connectivity index (χ0v) is 15.5. The number of amides is 1. The molecule has 2 aromatic heterocycles. The monoisotopic (exact) mass is 404 g/mol. The van der Waals surface area contributed by atoms with Gasteiger partial charge in [0, 0.05) is 18.7 Å². The van der Waals surface area contributed by atoms with Gasteiger partial charge in [-0.25, -0.2) is 9.67 Å². The first-order valence-corrected chi connectivity index (χ1v) is 9.24. The van der Waals surface area contributed by atoms with E-state index in [4.69, 9.17) is 0 Å². The van der Waals surface area contributed by atoms with Gasteiger partial charge in [0.05, 0.1) is 16.4 Å². The Labute approximate surface area is 162 Å². The number of rotatable bonds is 3. The number of halogens is 3. The summed E-state index contributed by atoms with van der Waals surface area (Å²) < 4.78 is 43.7. The smallest absolute Gasteiger partial charge is 0.342 e. The zero-order chi connectivity index (χ0) is 19.9. The molecule has 0 saturated heterocycles. The summed E-state index contributed by atoms with van der Waals surface area (Å²) in [6.45, 7) is 1.19. The number of fused-ring (bicyclic) bond motifs is 1. The Kier molecular flexibility index (Phi) is 4.34. The van der Waals surface area contributed by atoms with Crippen LogP contribution in [0.2, 0.25) is 0 Å². The molecule has 1 aliphatic rings. The number of carbonyl (C=O) groups excluding carboxylic acids is 1. The summed E-state index contributed by atoms with van der Waals surface area (Å²) >= 11 is 1.38. The van der Waals surface area contributed by atoms with Gasteiger partial charge in [-0.05, 0) is 12.1 Å². The first-order chi connectivity index (χ1) is 13.3. The Morgan fingerprint density at radius 2 is 2.07 bits per heavy atom. The number of carbonyl (C=O) groups is 1. The highest BCUT2D eigenvalue weighted by atomic mass is 32.1. The molecule has 0 aliphatic heterocycles. The average molecular weight is 404 g/mol. The molecular formula is C19H15F3N4OS. The van der Waals surface area contributed by atoms with Gasteiger partial charge >= 0.3 is 6.18 Å². The SMILES string of the molecule is CC(=O)NC1(c2cnn(-c3nc4ccccc4s3)c2)C=CC=CC1C(F)(F)F. The molecular weight excluding hydrogens is 389 g/mol. The van der Waals surface area contributed by atoms with Crippen LogP contribution in [-0.2, 0) is 10.3 Å². The van der Waals surface area contributed by atoms with E-state index >= 15 is 0 Å². The van der Waals surface area contributed by atoms with Crippen molar-refractivity contribution in [3.63, 3.8) is 0 Å². The largest absolute Gasteiger partial charge is 0.398 e. The Balaban J connectivity index is 1.81. The fraction of sp³-hybridized carbons (Fsp3) is 0.211. The maximum Gasteiger partial charge on any atom is 0.398 e. The number of benzene rings is 1. The minimum atomic E-state index is -4.55. The van der Waals surface area contributed by atoms with Gasteiger partial charge in [-0.2, -0.15) is 18.3 Å². The lowest BCUT2D eigenvalue weighted by Crippen LogP contribution is -2.53. The summed E-state index contributed by atoms with van der Waals surface area (Å²) in [5, 5.41) is 7.24. The van der Waals surface area contributed by atoms with Crippen molar-refractivity contribution in [3.8, 4) is 5.13 Å². The molecule has 0 radical (unpaired) electrons. The third-order valence-corrected chi connectivity index (χ3v) is 5.56. The Morgan fingerprint density at radius 3 is 2.79 bits per heavy atom. The molecule has 0 saturated carbocycles. The van der Waals surface area contributed by atoms with Gasteiger partial charge in [-0.1, -0.05) is 47.8 Å². The van der Waals surface area contributed by atoms with Crippen molar-refractivity contribution in [3.05, 3.63) is 66.5 Å². The highest BCUT2D eigenvalue weighted by Gasteiger charge is 2.53. The predicted octanol–water partition coefficient (Wildman–Crippen LogP) is 4.12. The number of nitrogens with one attached hydrogen (secondary N) is 1. The molecule has 1 amide bonds. The van der Waals surface area contributed by atoms with Crippen LogP contribution in [0.5, 0.6) is 0 Å². The second kappa shape index (κ2) is 6.59. The topological polar surface area (TPSA) is 59.8 Å². The predicted molar refractivity (Wildman–Crippen MR) is 100 cm³/mol. The number of hydrogen-bond acceptors (Lipinski definition) is 4. The van der Waals surface area contributed by atoms with Gasteiger partial charge in [0.15, 0.2) is 0 Å². The van der Waals surface area contributed by atoms with Crippen LogP contribution in [0.15, 0.2) is 61.0 Å². The molecule has 9 heteroatoms. The van der Waals surface area contributed by atoms with Crippen LogP contribution in [0.25, 0.3) is 15.3 Å². The number of thiazole rings is 1. The van der Waals surface area contributed by atoms with Crippen LogP contribution >= 0.6 is 11.3 Å². The first kappa shape index (κ1) is 18.4. The van der Waals surface area contributed by atoms with Crippen molar-refractivity contribution >= 4 is 27.5 Å². The van der Waals surface area contributed by atoms with E-state index in [0.29, 0.717) is 5.13 Å². The number of alkyl halides is 3. The summed E-state index contributed by atoms with van der Waals surface area (Å²) in [5.74, 6) is -2.48. The summed E-state index contributed by atoms with van der Waals surface area (Å²) in [6.07, 6.45) is 3.49. The van der Waals surface area contributed by atoms with Crippen molar-refractivity contribution in [2.75, 3.05) is 0 Å². The molecule has 1 N–H and O–H groups in total. The van der Waals surface area contributed by atoms with Crippen LogP contribution in [0, 0.1) is 5.92 Å². The fourth-order valence-electron chi connectivity index (χ4n) is 3.36. The third kappa shape index (κ3) is 3.11. The number of hydrogen-bond donors (Lipinski definition) is 1. The Morgan fingerprint density at radius 1 is 1.29 bits per heavy atom. The van der Waals surface area contributed by atoms with Crippen LogP contribution < -0.4 is 5.32 Å². The molecule has 4 rings (SSSR count). The lowest BCUT2D eigenvalue weighted by atomic mass is 9.76. The lowest BCUT2D eigenvalue weighted by molar-refractivity contribution is -0.178. The van der Waals surface area contributed by atoms with E-state index in [0.717, 1.165) is 16.3 Å². The van der Waals surface area contributed by atoms with E-state index in [-0.39, 0.29) is 5.56 Å². The maximum atomic E-state index is 13.8. The van der Waals surface area contributed by atoms with Gasteiger partial charge in [0.25, 0.3) is 0 Å². The van der Waals surface area contributed by atoms with E-state index in [9.17, 15) is 18.0 Å². The molecule has 1 aromatic carbocycles. The summed E-state index contributed by atoms with van der Waals surface area (Å²) in [7, 11) is 0. The van der Waals surface area contributed by atoms with E-state index in [1.807, 2.05) is 24.3 Å². The van der Waals surface area contributed by atoms with Crippen molar-refractivity contribution in [1.82, 2.24) is 20.1 Å². The van der Waals surface area contributed by atoms with Gasteiger partial charge in [-0.3, -0.25) is 4.79 Å². The highest BCUT2D eigenvalue weighted by molar-refractivity contribution is 7.20. The molecule has 2 atom stereocenters. The number of nitrogens with zero attached hydrogens (tertiary/aromatic N) is 3. The fourth-order valence-corrected chi connectivity index (χ4v) is 4.26. The average Bonchev–Trinajstić information content (AvgIpc) is 3.27. The van der Waals surface area contributed by atoms with E-state index in [2.05, 4.69) is 15.4 Å². The normalized spacial score (nSPS) is 21.9. The van der Waals surface area contributed by atoms with Crippen molar-refractivity contribution in [2.45, 2.75) is 18.6 Å². The van der Waals surface area contributed by atoms with Crippen molar-refractivity contribution in [2.24, 2.45) is 5.92 Å². The second-order valence-electron chi connectivity index (χ2n) is 6.45. The maximum absolute atomic E-state index is 13.8. The zero-order valence-electron chi connectivity index (χ0n) is 14.6. The van der Waals surface area contributed by atoms with Crippen LogP contribution in [0.1, 0.15) is 12.5 Å². The van der Waals surface area contributed by atoms with E-state index < -0.39 is 23.5 Å². The molecule has 144 valence electrons. The Bertz CT molecular complexity index is 1060. The molecule has 0 fully saturated rings. The van der Waals surface area contributed by atoms with Gasteiger partial charge in [-0.15, -0.1) is 0 Å². The molecule has 0 bridgehead atoms. The highest BCUT2D eigenvalue weighted by Crippen LogP contribution is 2.44. The van der Waals surface area contributed by atoms with Gasteiger partial charge in [0.1, 0.15) is 11.5 Å². The number of allylic oxidation sites excluding steroid dienone is 2. The summed E-state index contributed by atoms with van der Waals surface area (Å²) in [6, 6.07) is 7.51. The first-order valence-electron chi connectivity index (χ1n) is 8.42. The molecule has 28 heavy (non-hydrogen) atoms. The number of para-hydroxylation sites is 1. The standard InChI is InChI=1S/C19H15F3N4OS/c1-12(27)25-18(9-5-4-8-16(18)19(20,21)22)13-10-23-26(11-13)17-24-14-6-2-3-7-15(14)28-17/h2-11,16H,1H3,(H,25,27). The molecule has 3 aromatic rings. The Hall–Kier alpha value is -2.94. The van der Waals surface area contributed by atoms with Gasteiger partial charge in [0.2, 0.25) is 11.0 Å². The van der Waals surface area contributed by atoms with Crippen LogP contribution in [-0.4, -0.2) is 26.8 Å². The number of aromatic nitrogens is 3. The lowest BCUT2D eigenvalue weighted by Gasteiger charge is -2.39. The van der Waals surface area contributed by atoms with Crippen molar-refractivity contribution in [1.29, 1.82) is 0 Å². The molecule has 2 unspecified atom stereocenters. The van der Waals surface area contributed by atoms with E-state index in [1.54, 1.807) is 0 Å². The van der Waals surface area contributed by atoms with Crippen molar-refractivity contribution < 1.29 is 18.0 Å². The van der Waals surface area contributed by atoms with Crippen LogP contribution in [0.4, 0.5) is 13.2 Å². The molecule has 1 aliphatic carbocycles. The molecule has 2 heterocycles. The quantitative estimate of drug-likeness (QED) is 0.715.